The van der Waals surface area contributed by atoms with Gasteiger partial charge in [-0.05, 0) is 24.1 Å². The lowest BCUT2D eigenvalue weighted by molar-refractivity contribution is -0.192. The summed E-state index contributed by atoms with van der Waals surface area (Å²) in [6.45, 7) is 1.71. The standard InChI is InChI=1S/C18H25FN4O3.C2HF3O2/c1-11(24)21-14-6-4-12(5-7-14)15(17(25)22(2)3)16(20)18(26)23-9-8-13(19)10-23;3-2(4,5)1(6)7/h4-7,13,15-16H,8-10,20H2,1-3H3,(H,21,24);(H,6,7)/t13-,15-,16-;/m0./s1. The average Bonchev–Trinajstić information content (AvgIpc) is 3.14. The second-order valence-electron chi connectivity index (χ2n) is 7.51. The Labute approximate surface area is 187 Å². The van der Waals surface area contributed by atoms with Gasteiger partial charge in [0.15, 0.2) is 0 Å². The highest BCUT2D eigenvalue weighted by atomic mass is 19.4. The van der Waals surface area contributed by atoms with E-state index in [1.165, 1.54) is 16.7 Å². The summed E-state index contributed by atoms with van der Waals surface area (Å²) >= 11 is 0. The predicted octanol–water partition coefficient (Wildman–Crippen LogP) is 1.35. The number of hydrogen-bond donors (Lipinski definition) is 3. The van der Waals surface area contributed by atoms with Gasteiger partial charge in [-0.3, -0.25) is 14.4 Å². The maximum absolute atomic E-state index is 13.4. The molecule has 0 aromatic heterocycles. The fourth-order valence-electron chi connectivity index (χ4n) is 3.03. The van der Waals surface area contributed by atoms with Crippen LogP contribution in [0.25, 0.3) is 0 Å². The molecule has 1 aromatic rings. The van der Waals surface area contributed by atoms with E-state index in [9.17, 15) is 31.9 Å². The number of nitrogens with zero attached hydrogens (tertiary/aromatic N) is 2. The Morgan fingerprint density at radius 1 is 1.18 bits per heavy atom. The van der Waals surface area contributed by atoms with Crippen molar-refractivity contribution in [2.45, 2.75) is 37.7 Å². The van der Waals surface area contributed by atoms with Crippen molar-refractivity contribution in [3.8, 4) is 0 Å². The molecule has 3 amide bonds. The maximum Gasteiger partial charge on any atom is 0.490 e. The van der Waals surface area contributed by atoms with Crippen LogP contribution in [0.5, 0.6) is 0 Å². The number of benzene rings is 1. The minimum atomic E-state index is -5.08. The van der Waals surface area contributed by atoms with Gasteiger partial charge in [0, 0.05) is 33.3 Å². The van der Waals surface area contributed by atoms with Gasteiger partial charge in [-0.25, -0.2) is 9.18 Å². The molecular formula is C20H26F4N4O5. The molecule has 4 N–H and O–H groups in total. The largest absolute Gasteiger partial charge is 0.490 e. The zero-order chi connectivity index (χ0) is 25.5. The van der Waals surface area contributed by atoms with Gasteiger partial charge in [0.05, 0.1) is 12.5 Å². The molecular weight excluding hydrogens is 452 g/mol. The molecule has 2 rings (SSSR count). The number of carbonyl (C=O) groups is 4. The number of nitrogens with two attached hydrogens (primary N) is 1. The summed E-state index contributed by atoms with van der Waals surface area (Å²) in [6.07, 6.45) is -5.85. The lowest BCUT2D eigenvalue weighted by atomic mass is 9.89. The van der Waals surface area contributed by atoms with Crippen LogP contribution in [-0.4, -0.2) is 84.2 Å². The Balaban J connectivity index is 0.000000675. The molecule has 3 atom stereocenters. The number of hydrogen-bond acceptors (Lipinski definition) is 5. The fourth-order valence-corrected chi connectivity index (χ4v) is 3.03. The van der Waals surface area contributed by atoms with Gasteiger partial charge in [-0.1, -0.05) is 12.1 Å². The number of carboxylic acid groups (broad SMARTS) is 1. The van der Waals surface area contributed by atoms with Crippen molar-refractivity contribution in [2.75, 3.05) is 32.5 Å². The minimum Gasteiger partial charge on any atom is -0.475 e. The van der Waals surface area contributed by atoms with Gasteiger partial charge in [-0.2, -0.15) is 13.2 Å². The van der Waals surface area contributed by atoms with Crippen molar-refractivity contribution in [3.63, 3.8) is 0 Å². The van der Waals surface area contributed by atoms with E-state index in [1.54, 1.807) is 38.4 Å². The van der Waals surface area contributed by atoms with E-state index >= 15 is 0 Å². The third kappa shape index (κ3) is 8.33. The monoisotopic (exact) mass is 478 g/mol. The van der Waals surface area contributed by atoms with Crippen LogP contribution in [0.1, 0.15) is 24.8 Å². The van der Waals surface area contributed by atoms with E-state index in [2.05, 4.69) is 5.32 Å². The molecule has 33 heavy (non-hydrogen) atoms. The third-order valence-electron chi connectivity index (χ3n) is 4.63. The van der Waals surface area contributed by atoms with Gasteiger partial charge in [0.1, 0.15) is 12.2 Å². The van der Waals surface area contributed by atoms with Crippen LogP contribution >= 0.6 is 0 Å². The number of anilines is 1. The van der Waals surface area contributed by atoms with Gasteiger partial charge >= 0.3 is 12.1 Å². The van der Waals surface area contributed by atoms with Crippen molar-refractivity contribution in [1.82, 2.24) is 9.80 Å². The highest BCUT2D eigenvalue weighted by molar-refractivity contribution is 5.94. The van der Waals surface area contributed by atoms with Crippen LogP contribution in [-0.2, 0) is 19.2 Å². The van der Waals surface area contributed by atoms with E-state index < -0.39 is 36.2 Å². The molecule has 0 radical (unpaired) electrons. The van der Waals surface area contributed by atoms with Crippen LogP contribution in [0.3, 0.4) is 0 Å². The minimum absolute atomic E-state index is 0.0108. The molecule has 0 bridgehead atoms. The predicted molar refractivity (Wildman–Crippen MR) is 110 cm³/mol. The molecule has 1 aliphatic heterocycles. The topological polar surface area (TPSA) is 133 Å². The van der Waals surface area contributed by atoms with E-state index in [1.807, 2.05) is 0 Å². The van der Waals surface area contributed by atoms with Crippen molar-refractivity contribution in [3.05, 3.63) is 29.8 Å². The summed E-state index contributed by atoms with van der Waals surface area (Å²) in [4.78, 5) is 48.1. The van der Waals surface area contributed by atoms with Gasteiger partial charge in [0.25, 0.3) is 0 Å². The second-order valence-corrected chi connectivity index (χ2v) is 7.51. The number of carbonyl (C=O) groups excluding carboxylic acids is 3. The lowest BCUT2D eigenvalue weighted by Crippen LogP contribution is -2.50. The van der Waals surface area contributed by atoms with Crippen molar-refractivity contribution >= 4 is 29.4 Å². The Bertz CT molecular complexity index is 861. The Morgan fingerprint density at radius 2 is 1.70 bits per heavy atom. The van der Waals surface area contributed by atoms with Crippen LogP contribution < -0.4 is 11.1 Å². The molecule has 0 unspecified atom stereocenters. The first-order valence-electron chi connectivity index (χ1n) is 9.72. The number of amides is 3. The molecule has 9 nitrogen and oxygen atoms in total. The molecule has 0 spiro atoms. The average molecular weight is 478 g/mol. The summed E-state index contributed by atoms with van der Waals surface area (Å²) in [5, 5.41) is 9.77. The summed E-state index contributed by atoms with van der Waals surface area (Å²) < 4.78 is 45.1. The third-order valence-corrected chi connectivity index (χ3v) is 4.63. The van der Waals surface area contributed by atoms with Gasteiger partial charge in [0.2, 0.25) is 17.7 Å². The van der Waals surface area contributed by atoms with E-state index in [0.717, 1.165) is 0 Å². The molecule has 0 aliphatic carbocycles. The molecule has 184 valence electrons. The number of likely N-dealkylation sites (N-methyl/N-ethyl adjacent to an activating group) is 1. The molecule has 1 aliphatic rings. The highest BCUT2D eigenvalue weighted by Gasteiger charge is 2.39. The Morgan fingerprint density at radius 3 is 2.06 bits per heavy atom. The Kier molecular flexibility index (Phi) is 9.77. The van der Waals surface area contributed by atoms with E-state index in [4.69, 9.17) is 15.6 Å². The summed E-state index contributed by atoms with van der Waals surface area (Å²) in [5.74, 6) is -4.60. The lowest BCUT2D eigenvalue weighted by Gasteiger charge is -2.28. The number of aliphatic carboxylic acids is 1. The number of carboxylic acids is 1. The van der Waals surface area contributed by atoms with E-state index in [-0.39, 0.29) is 24.8 Å². The first-order valence-corrected chi connectivity index (χ1v) is 9.72. The zero-order valence-electron chi connectivity index (χ0n) is 18.2. The van der Waals surface area contributed by atoms with Crippen LogP contribution in [0.15, 0.2) is 24.3 Å². The van der Waals surface area contributed by atoms with Gasteiger partial charge < -0.3 is 26.0 Å². The van der Waals surface area contributed by atoms with Crippen molar-refractivity contribution < 1.29 is 41.8 Å². The van der Waals surface area contributed by atoms with Gasteiger partial charge in [-0.15, -0.1) is 0 Å². The van der Waals surface area contributed by atoms with Crippen LogP contribution in [0.2, 0.25) is 0 Å². The number of rotatable bonds is 5. The molecule has 1 saturated heterocycles. The normalized spacial score (nSPS) is 17.3. The SMILES string of the molecule is CC(=O)Nc1ccc([C@H](C(=O)N(C)C)[C@H](N)C(=O)N2CC[C@H](F)C2)cc1.O=C(O)C(F)(F)F. The maximum atomic E-state index is 13.4. The first-order chi connectivity index (χ1) is 15.1. The number of likely N-dealkylation sites (tertiary alicyclic amines) is 1. The summed E-state index contributed by atoms with van der Waals surface area (Å²) in [6, 6.07) is 5.51. The fraction of sp³-hybridized carbons (Fsp3) is 0.500. The molecule has 1 aromatic carbocycles. The highest BCUT2D eigenvalue weighted by Crippen LogP contribution is 2.25. The first kappa shape index (κ1) is 27.8. The zero-order valence-corrected chi connectivity index (χ0v) is 18.2. The molecule has 1 fully saturated rings. The molecule has 1 heterocycles. The smallest absolute Gasteiger partial charge is 0.475 e. The van der Waals surface area contributed by atoms with Crippen LogP contribution in [0.4, 0.5) is 23.2 Å². The van der Waals surface area contributed by atoms with E-state index in [0.29, 0.717) is 17.8 Å². The second kappa shape index (κ2) is 11.6. The Hall–Kier alpha value is -3.22. The van der Waals surface area contributed by atoms with Crippen molar-refractivity contribution in [2.24, 2.45) is 5.73 Å². The number of halogens is 4. The number of nitrogens with one attached hydrogen (secondary N) is 1. The summed E-state index contributed by atoms with van der Waals surface area (Å²) in [7, 11) is 3.18. The molecule has 0 saturated carbocycles. The molecule has 13 heteroatoms. The summed E-state index contributed by atoms with van der Waals surface area (Å²) in [5.41, 5.74) is 7.29. The van der Waals surface area contributed by atoms with Crippen molar-refractivity contribution in [1.29, 1.82) is 0 Å². The number of alkyl halides is 4. The van der Waals surface area contributed by atoms with Crippen LogP contribution in [0, 0.1) is 0 Å². The quantitative estimate of drug-likeness (QED) is 0.547.